The molecule has 0 aliphatic heterocycles. The molecule has 1 N–H and O–H groups in total. The molecule has 0 heterocycles. The van der Waals surface area contributed by atoms with Crippen LogP contribution >= 0.6 is 0 Å². The molecule has 0 amide bonds. The van der Waals surface area contributed by atoms with Crippen molar-refractivity contribution in [2.24, 2.45) is 5.92 Å². The third-order valence-electron chi connectivity index (χ3n) is 3.64. The summed E-state index contributed by atoms with van der Waals surface area (Å²) in [6, 6.07) is 9.15. The van der Waals surface area contributed by atoms with Crippen LogP contribution < -0.4 is 0 Å². The summed E-state index contributed by atoms with van der Waals surface area (Å²) in [5, 5.41) is 10.2. The number of nitrogens with zero attached hydrogens (tertiary/aromatic N) is 1. The summed E-state index contributed by atoms with van der Waals surface area (Å²) in [7, 11) is 2.11. The first-order valence-electron chi connectivity index (χ1n) is 7.03. The number of hydrogen-bond donors (Lipinski definition) is 1. The normalized spacial score (nSPS) is 17.4. The van der Waals surface area contributed by atoms with E-state index in [0.717, 1.165) is 18.5 Å². The van der Waals surface area contributed by atoms with Gasteiger partial charge in [-0.2, -0.15) is 0 Å². The Morgan fingerprint density at radius 3 is 2.33 bits per heavy atom. The lowest BCUT2D eigenvalue weighted by atomic mass is 10.00. The SMILES string of the molecule is CC(C)Cc1ccc(C(O)CN(C)C2CC2)cc1. The van der Waals surface area contributed by atoms with Gasteiger partial charge >= 0.3 is 0 Å². The molecule has 2 heteroatoms. The summed E-state index contributed by atoms with van der Waals surface area (Å²) in [6.45, 7) is 5.20. The van der Waals surface area contributed by atoms with E-state index in [-0.39, 0.29) is 6.10 Å². The number of aliphatic hydroxyl groups excluding tert-OH is 1. The van der Waals surface area contributed by atoms with Crippen LogP contribution in [0, 0.1) is 5.92 Å². The first-order chi connectivity index (χ1) is 8.56. The van der Waals surface area contributed by atoms with Crippen LogP contribution in [-0.4, -0.2) is 29.6 Å². The van der Waals surface area contributed by atoms with Gasteiger partial charge in [0.25, 0.3) is 0 Å². The molecule has 1 aliphatic carbocycles. The van der Waals surface area contributed by atoms with Crippen molar-refractivity contribution in [1.82, 2.24) is 4.90 Å². The van der Waals surface area contributed by atoms with E-state index in [9.17, 15) is 5.11 Å². The molecule has 1 aromatic carbocycles. The molecule has 2 rings (SSSR count). The summed E-state index contributed by atoms with van der Waals surface area (Å²) in [4.78, 5) is 2.27. The van der Waals surface area contributed by atoms with E-state index in [2.05, 4.69) is 50.1 Å². The average Bonchev–Trinajstić information content (AvgIpc) is 3.12. The van der Waals surface area contributed by atoms with Crippen molar-refractivity contribution in [3.05, 3.63) is 35.4 Å². The van der Waals surface area contributed by atoms with Crippen LogP contribution in [0.4, 0.5) is 0 Å². The molecule has 0 radical (unpaired) electrons. The molecule has 1 aromatic rings. The highest BCUT2D eigenvalue weighted by molar-refractivity contribution is 5.24. The van der Waals surface area contributed by atoms with Gasteiger partial charge in [-0.1, -0.05) is 38.1 Å². The van der Waals surface area contributed by atoms with Crippen LogP contribution in [0.3, 0.4) is 0 Å². The molecule has 18 heavy (non-hydrogen) atoms. The number of rotatable bonds is 6. The monoisotopic (exact) mass is 247 g/mol. The molecule has 1 saturated carbocycles. The van der Waals surface area contributed by atoms with Gasteiger partial charge in [0.05, 0.1) is 6.10 Å². The van der Waals surface area contributed by atoms with Gasteiger partial charge in [-0.3, -0.25) is 0 Å². The molecule has 0 spiro atoms. The summed E-state index contributed by atoms with van der Waals surface area (Å²) >= 11 is 0. The van der Waals surface area contributed by atoms with Gasteiger partial charge in [-0.25, -0.2) is 0 Å². The fourth-order valence-electron chi connectivity index (χ4n) is 2.39. The molecule has 0 aromatic heterocycles. The van der Waals surface area contributed by atoms with E-state index in [1.165, 1.54) is 18.4 Å². The van der Waals surface area contributed by atoms with Crippen LogP contribution in [-0.2, 0) is 6.42 Å². The predicted molar refractivity (Wildman–Crippen MR) is 75.6 cm³/mol. The van der Waals surface area contributed by atoms with Crippen molar-refractivity contribution in [3.63, 3.8) is 0 Å². The highest BCUT2D eigenvalue weighted by Gasteiger charge is 2.27. The van der Waals surface area contributed by atoms with Crippen LogP contribution in [0.2, 0.25) is 0 Å². The number of aliphatic hydroxyl groups is 1. The van der Waals surface area contributed by atoms with Crippen LogP contribution in [0.15, 0.2) is 24.3 Å². The molecule has 2 nitrogen and oxygen atoms in total. The second-order valence-corrected chi connectivity index (χ2v) is 6.03. The lowest BCUT2D eigenvalue weighted by molar-refractivity contribution is 0.123. The van der Waals surface area contributed by atoms with Gasteiger partial charge in [0.1, 0.15) is 0 Å². The summed E-state index contributed by atoms with van der Waals surface area (Å²) in [5.41, 5.74) is 2.39. The third kappa shape index (κ3) is 3.82. The predicted octanol–water partition coefficient (Wildman–Crippen LogP) is 3.01. The fourth-order valence-corrected chi connectivity index (χ4v) is 2.39. The molecule has 100 valence electrons. The van der Waals surface area contributed by atoms with Crippen molar-refractivity contribution in [2.45, 2.75) is 45.3 Å². The first kappa shape index (κ1) is 13.6. The van der Waals surface area contributed by atoms with Crippen molar-refractivity contribution in [3.8, 4) is 0 Å². The van der Waals surface area contributed by atoms with Gasteiger partial charge in [-0.05, 0) is 43.4 Å². The Hall–Kier alpha value is -0.860. The van der Waals surface area contributed by atoms with Gasteiger partial charge < -0.3 is 10.0 Å². The molecule has 0 bridgehead atoms. The minimum absolute atomic E-state index is 0.358. The Morgan fingerprint density at radius 1 is 1.22 bits per heavy atom. The quantitative estimate of drug-likeness (QED) is 0.835. The molecular formula is C16H25NO. The lowest BCUT2D eigenvalue weighted by Gasteiger charge is -2.20. The third-order valence-corrected chi connectivity index (χ3v) is 3.64. The zero-order valence-corrected chi connectivity index (χ0v) is 11.8. The molecule has 1 unspecified atom stereocenters. The smallest absolute Gasteiger partial charge is 0.0916 e. The largest absolute Gasteiger partial charge is 0.387 e. The highest BCUT2D eigenvalue weighted by Crippen LogP contribution is 2.27. The van der Waals surface area contributed by atoms with Crippen molar-refractivity contribution in [2.75, 3.05) is 13.6 Å². The number of benzene rings is 1. The summed E-state index contributed by atoms with van der Waals surface area (Å²) in [5.74, 6) is 0.682. The standard InChI is InChI=1S/C16H25NO/c1-12(2)10-13-4-6-14(7-5-13)16(18)11-17(3)15-8-9-15/h4-7,12,15-16,18H,8-11H2,1-3H3. The second kappa shape index (κ2) is 5.85. The zero-order valence-electron chi connectivity index (χ0n) is 11.8. The maximum Gasteiger partial charge on any atom is 0.0916 e. The van der Waals surface area contributed by atoms with Crippen molar-refractivity contribution < 1.29 is 5.11 Å². The van der Waals surface area contributed by atoms with Gasteiger partial charge in [0.15, 0.2) is 0 Å². The Bertz CT molecular complexity index is 367. The van der Waals surface area contributed by atoms with E-state index in [4.69, 9.17) is 0 Å². The van der Waals surface area contributed by atoms with Gasteiger partial charge in [0.2, 0.25) is 0 Å². The lowest BCUT2D eigenvalue weighted by Crippen LogP contribution is -2.26. The Kier molecular flexibility index (Phi) is 4.41. The Labute approximate surface area is 111 Å². The van der Waals surface area contributed by atoms with E-state index >= 15 is 0 Å². The molecular weight excluding hydrogens is 222 g/mol. The first-order valence-corrected chi connectivity index (χ1v) is 7.03. The van der Waals surface area contributed by atoms with Crippen molar-refractivity contribution in [1.29, 1.82) is 0 Å². The second-order valence-electron chi connectivity index (χ2n) is 6.03. The fraction of sp³-hybridized carbons (Fsp3) is 0.625. The van der Waals surface area contributed by atoms with E-state index in [1.807, 2.05) is 0 Å². The minimum atomic E-state index is -0.358. The number of likely N-dealkylation sites (N-methyl/N-ethyl adjacent to an activating group) is 1. The summed E-state index contributed by atoms with van der Waals surface area (Å²) < 4.78 is 0. The zero-order chi connectivity index (χ0) is 13.1. The van der Waals surface area contributed by atoms with Crippen LogP contribution in [0.1, 0.15) is 43.9 Å². The Morgan fingerprint density at radius 2 is 1.83 bits per heavy atom. The molecule has 0 saturated heterocycles. The molecule has 1 fully saturated rings. The van der Waals surface area contributed by atoms with Crippen LogP contribution in [0.5, 0.6) is 0 Å². The minimum Gasteiger partial charge on any atom is -0.387 e. The van der Waals surface area contributed by atoms with E-state index in [0.29, 0.717) is 12.0 Å². The average molecular weight is 247 g/mol. The van der Waals surface area contributed by atoms with Gasteiger partial charge in [-0.15, -0.1) is 0 Å². The van der Waals surface area contributed by atoms with E-state index < -0.39 is 0 Å². The number of hydrogen-bond acceptors (Lipinski definition) is 2. The van der Waals surface area contributed by atoms with Crippen LogP contribution in [0.25, 0.3) is 0 Å². The Balaban J connectivity index is 1.91. The highest BCUT2D eigenvalue weighted by atomic mass is 16.3. The topological polar surface area (TPSA) is 23.5 Å². The summed E-state index contributed by atoms with van der Waals surface area (Å²) in [6.07, 6.45) is 3.33. The van der Waals surface area contributed by atoms with E-state index in [1.54, 1.807) is 0 Å². The molecule has 1 aliphatic rings. The van der Waals surface area contributed by atoms with Gasteiger partial charge in [0, 0.05) is 12.6 Å². The maximum atomic E-state index is 10.2. The van der Waals surface area contributed by atoms with Crippen molar-refractivity contribution >= 4 is 0 Å². The molecule has 1 atom stereocenters. The maximum absolute atomic E-state index is 10.2.